The Morgan fingerprint density at radius 2 is 1.80 bits per heavy atom. The molecule has 0 bridgehead atoms. The minimum absolute atomic E-state index is 0.119. The Kier molecular flexibility index (Phi) is 5.33. The predicted molar refractivity (Wildman–Crippen MR) is 110 cm³/mol. The molecule has 5 rings (SSSR count). The number of nitrogens with zero attached hydrogens (tertiary/aromatic N) is 4. The van der Waals surface area contributed by atoms with Gasteiger partial charge in [-0.15, -0.1) is 5.10 Å². The Bertz CT molecular complexity index is 984. The Balaban J connectivity index is 1.45. The average Bonchev–Trinajstić information content (AvgIpc) is 3.45. The number of quaternary nitrogens is 2. The van der Waals surface area contributed by atoms with Gasteiger partial charge in [0.15, 0.2) is 17.5 Å². The molecule has 1 saturated heterocycles. The van der Waals surface area contributed by atoms with Gasteiger partial charge < -0.3 is 19.3 Å². The molecule has 8 heteroatoms. The van der Waals surface area contributed by atoms with Gasteiger partial charge in [-0.1, -0.05) is 36.4 Å². The highest BCUT2D eigenvalue weighted by atomic mass is 16.7. The highest BCUT2D eigenvalue weighted by Gasteiger charge is 2.35. The number of fused-ring (bicyclic) bond motifs is 1. The number of likely N-dealkylation sites (N-methyl/N-ethyl adjacent to an activating group) is 1. The SMILES string of the molecule is CC[NH+]1CC[NH+]([C@@H](c2ccccc2)c2nnnn2Cc2ccc3c(c2)OCO3)CC1. The molecule has 1 fully saturated rings. The van der Waals surface area contributed by atoms with Gasteiger partial charge in [-0.25, -0.2) is 4.68 Å². The van der Waals surface area contributed by atoms with E-state index in [1.54, 1.807) is 4.90 Å². The molecule has 1 aromatic heterocycles. The fourth-order valence-corrected chi connectivity index (χ4v) is 4.52. The Morgan fingerprint density at radius 1 is 1.00 bits per heavy atom. The molecule has 2 N–H and O–H groups in total. The Morgan fingerprint density at radius 3 is 2.60 bits per heavy atom. The van der Waals surface area contributed by atoms with E-state index in [1.165, 1.54) is 30.1 Å². The van der Waals surface area contributed by atoms with E-state index in [1.807, 2.05) is 22.9 Å². The van der Waals surface area contributed by atoms with Crippen molar-refractivity contribution in [2.24, 2.45) is 0 Å². The van der Waals surface area contributed by atoms with Crippen molar-refractivity contribution in [1.29, 1.82) is 0 Å². The lowest BCUT2D eigenvalue weighted by Crippen LogP contribution is -3.28. The third kappa shape index (κ3) is 3.76. The van der Waals surface area contributed by atoms with Gasteiger partial charge in [-0.2, -0.15) is 0 Å². The van der Waals surface area contributed by atoms with Gasteiger partial charge in [-0.05, 0) is 35.0 Å². The number of hydrogen-bond donors (Lipinski definition) is 2. The van der Waals surface area contributed by atoms with Crippen LogP contribution in [-0.2, 0) is 6.54 Å². The number of hydrogen-bond acceptors (Lipinski definition) is 5. The third-order valence-electron chi connectivity index (χ3n) is 6.23. The van der Waals surface area contributed by atoms with Crippen LogP contribution >= 0.6 is 0 Å². The van der Waals surface area contributed by atoms with Crippen LogP contribution < -0.4 is 19.3 Å². The van der Waals surface area contributed by atoms with Crippen molar-refractivity contribution in [3.63, 3.8) is 0 Å². The van der Waals surface area contributed by atoms with Gasteiger partial charge in [0.2, 0.25) is 12.6 Å². The summed E-state index contributed by atoms with van der Waals surface area (Å²) in [6.45, 7) is 8.91. The van der Waals surface area contributed by atoms with E-state index in [0.29, 0.717) is 6.54 Å². The van der Waals surface area contributed by atoms with E-state index in [2.05, 4.69) is 52.8 Å². The number of aromatic nitrogens is 4. The summed E-state index contributed by atoms with van der Waals surface area (Å²) in [6.07, 6.45) is 0. The summed E-state index contributed by atoms with van der Waals surface area (Å²) in [6, 6.07) is 16.8. The molecule has 0 aliphatic carbocycles. The second-order valence-corrected chi connectivity index (χ2v) is 7.99. The van der Waals surface area contributed by atoms with Crippen LogP contribution in [0.1, 0.15) is 29.9 Å². The summed E-state index contributed by atoms with van der Waals surface area (Å²) in [5.41, 5.74) is 2.35. The van der Waals surface area contributed by atoms with Crippen molar-refractivity contribution in [2.45, 2.75) is 19.5 Å². The zero-order chi connectivity index (χ0) is 20.3. The minimum Gasteiger partial charge on any atom is -0.454 e. The molecule has 2 aromatic carbocycles. The number of benzene rings is 2. The molecule has 8 nitrogen and oxygen atoms in total. The number of piperazine rings is 1. The maximum Gasteiger partial charge on any atom is 0.231 e. The van der Waals surface area contributed by atoms with Crippen LogP contribution in [0.5, 0.6) is 11.5 Å². The lowest BCUT2D eigenvalue weighted by molar-refractivity contribution is -1.02. The molecular weight excluding hydrogens is 380 g/mol. The van der Waals surface area contributed by atoms with Crippen LogP contribution in [-0.4, -0.2) is 59.7 Å². The van der Waals surface area contributed by atoms with Gasteiger partial charge in [0.05, 0.1) is 13.1 Å². The molecule has 2 aliphatic heterocycles. The van der Waals surface area contributed by atoms with Crippen LogP contribution in [0.4, 0.5) is 0 Å². The van der Waals surface area contributed by atoms with Crippen LogP contribution in [0.2, 0.25) is 0 Å². The molecule has 0 radical (unpaired) electrons. The van der Waals surface area contributed by atoms with E-state index in [-0.39, 0.29) is 12.8 Å². The molecule has 0 spiro atoms. The van der Waals surface area contributed by atoms with Gasteiger partial charge in [0, 0.05) is 5.56 Å². The molecule has 3 aromatic rings. The maximum atomic E-state index is 5.53. The van der Waals surface area contributed by atoms with Crippen LogP contribution in [0.15, 0.2) is 48.5 Å². The van der Waals surface area contributed by atoms with Crippen molar-refractivity contribution < 1.29 is 19.3 Å². The van der Waals surface area contributed by atoms with Crippen LogP contribution in [0, 0.1) is 0 Å². The molecular formula is C22H28N6O2+2. The lowest BCUT2D eigenvalue weighted by Gasteiger charge is -2.33. The molecule has 2 aliphatic rings. The second-order valence-electron chi connectivity index (χ2n) is 7.99. The van der Waals surface area contributed by atoms with Crippen molar-refractivity contribution >= 4 is 0 Å². The molecule has 0 saturated carbocycles. The third-order valence-corrected chi connectivity index (χ3v) is 6.23. The number of rotatable bonds is 6. The van der Waals surface area contributed by atoms with Crippen LogP contribution in [0.3, 0.4) is 0 Å². The second kappa shape index (κ2) is 8.41. The molecule has 156 valence electrons. The Hall–Kier alpha value is -2.97. The lowest BCUT2D eigenvalue weighted by atomic mass is 10.0. The first kappa shape index (κ1) is 19.0. The fourth-order valence-electron chi connectivity index (χ4n) is 4.52. The summed E-state index contributed by atoms with van der Waals surface area (Å²) in [4.78, 5) is 3.20. The maximum absolute atomic E-state index is 5.53. The van der Waals surface area contributed by atoms with Crippen molar-refractivity contribution in [3.8, 4) is 11.5 Å². The number of tetrazole rings is 1. The molecule has 0 amide bonds. The van der Waals surface area contributed by atoms with Crippen molar-refractivity contribution in [1.82, 2.24) is 20.2 Å². The standard InChI is InChI=1S/C22H26N6O2/c1-2-26-10-12-27(13-11-26)21(18-6-4-3-5-7-18)22-23-24-25-28(22)15-17-8-9-19-20(14-17)30-16-29-19/h3-9,14,21H,2,10-13,15-16H2,1H3/p+2/t21-/m0/s1. The first-order valence-corrected chi connectivity index (χ1v) is 10.7. The minimum atomic E-state index is 0.119. The summed E-state index contributed by atoms with van der Waals surface area (Å²) in [5.74, 6) is 2.48. The average molecular weight is 409 g/mol. The summed E-state index contributed by atoms with van der Waals surface area (Å²) >= 11 is 0. The van der Waals surface area contributed by atoms with Crippen LogP contribution in [0.25, 0.3) is 0 Å². The normalized spacial score (nSPS) is 21.5. The fraction of sp³-hybridized carbons (Fsp3) is 0.409. The van der Waals surface area contributed by atoms with Gasteiger partial charge in [-0.3, -0.25) is 0 Å². The topological polar surface area (TPSA) is 70.9 Å². The first-order chi connectivity index (χ1) is 14.8. The van der Waals surface area contributed by atoms with Crippen molar-refractivity contribution in [2.75, 3.05) is 39.5 Å². The quantitative estimate of drug-likeness (QED) is 0.567. The van der Waals surface area contributed by atoms with E-state index in [0.717, 1.165) is 36.0 Å². The smallest absolute Gasteiger partial charge is 0.231 e. The molecule has 0 unspecified atom stereocenters. The zero-order valence-electron chi connectivity index (χ0n) is 17.3. The van der Waals surface area contributed by atoms with Crippen molar-refractivity contribution in [3.05, 3.63) is 65.5 Å². The van der Waals surface area contributed by atoms with Gasteiger partial charge in [0.1, 0.15) is 26.2 Å². The summed E-state index contributed by atoms with van der Waals surface area (Å²) in [7, 11) is 0. The number of ether oxygens (including phenoxy) is 2. The Labute approximate surface area is 176 Å². The number of nitrogens with one attached hydrogen (secondary N) is 2. The largest absolute Gasteiger partial charge is 0.454 e. The van der Waals surface area contributed by atoms with E-state index in [4.69, 9.17) is 9.47 Å². The zero-order valence-corrected chi connectivity index (χ0v) is 17.3. The van der Waals surface area contributed by atoms with E-state index >= 15 is 0 Å². The van der Waals surface area contributed by atoms with E-state index in [9.17, 15) is 0 Å². The monoisotopic (exact) mass is 408 g/mol. The highest BCUT2D eigenvalue weighted by Crippen LogP contribution is 2.32. The first-order valence-electron chi connectivity index (χ1n) is 10.7. The van der Waals surface area contributed by atoms with Gasteiger partial charge in [0.25, 0.3) is 0 Å². The van der Waals surface area contributed by atoms with Gasteiger partial charge >= 0.3 is 0 Å². The predicted octanol–water partition coefficient (Wildman–Crippen LogP) is -0.657. The molecule has 30 heavy (non-hydrogen) atoms. The highest BCUT2D eigenvalue weighted by molar-refractivity contribution is 5.44. The van der Waals surface area contributed by atoms with E-state index < -0.39 is 0 Å². The summed E-state index contributed by atoms with van der Waals surface area (Å²) in [5, 5.41) is 12.9. The molecule has 1 atom stereocenters. The summed E-state index contributed by atoms with van der Waals surface area (Å²) < 4.78 is 12.9. The molecule has 3 heterocycles.